The van der Waals surface area contributed by atoms with Crippen molar-refractivity contribution in [3.63, 3.8) is 0 Å². The van der Waals surface area contributed by atoms with Crippen molar-refractivity contribution in [1.29, 1.82) is 0 Å². The third-order valence-corrected chi connectivity index (χ3v) is 8.52. The van der Waals surface area contributed by atoms with E-state index < -0.39 is 9.84 Å². The van der Waals surface area contributed by atoms with Crippen LogP contribution in [-0.4, -0.2) is 48.0 Å². The van der Waals surface area contributed by atoms with E-state index in [1.165, 1.54) is 17.4 Å². The highest BCUT2D eigenvalue weighted by Gasteiger charge is 2.21. The summed E-state index contributed by atoms with van der Waals surface area (Å²) in [5.41, 5.74) is 3.04. The normalized spacial score (nSPS) is 15.3. The molecule has 182 valence electrons. The molecule has 36 heavy (non-hydrogen) atoms. The minimum absolute atomic E-state index is 0.176. The zero-order valence-corrected chi connectivity index (χ0v) is 20.6. The van der Waals surface area contributed by atoms with Gasteiger partial charge in [-0.05, 0) is 59.3 Å². The van der Waals surface area contributed by atoms with Gasteiger partial charge in [-0.25, -0.2) is 13.4 Å². The molecule has 11 heteroatoms. The molecule has 0 aliphatic carbocycles. The van der Waals surface area contributed by atoms with Gasteiger partial charge in [-0.15, -0.1) is 11.3 Å². The number of hydrogen-bond acceptors (Lipinski definition) is 9. The largest absolute Gasteiger partial charge is 0.437 e. The summed E-state index contributed by atoms with van der Waals surface area (Å²) >= 11 is 1.49. The number of ether oxygens (including phenoxy) is 1. The molecule has 4 heterocycles. The Morgan fingerprint density at radius 2 is 1.75 bits per heavy atom. The van der Waals surface area contributed by atoms with Crippen molar-refractivity contribution in [3.05, 3.63) is 76.4 Å². The molecule has 1 aliphatic heterocycles. The van der Waals surface area contributed by atoms with Gasteiger partial charge < -0.3 is 19.9 Å². The molecule has 6 rings (SSSR count). The Bertz CT molecular complexity index is 1730. The zero-order chi connectivity index (χ0) is 24.7. The van der Waals surface area contributed by atoms with E-state index in [4.69, 9.17) is 4.74 Å². The maximum absolute atomic E-state index is 11.7. The van der Waals surface area contributed by atoms with Crippen LogP contribution in [0.2, 0.25) is 0 Å². The number of H-pyrrole nitrogens is 1. The van der Waals surface area contributed by atoms with Gasteiger partial charge in [-0.3, -0.25) is 4.79 Å². The van der Waals surface area contributed by atoms with E-state index >= 15 is 0 Å². The average molecular weight is 520 g/mol. The second kappa shape index (κ2) is 8.92. The first-order valence-corrected chi connectivity index (χ1v) is 14.0. The second-order valence-electron chi connectivity index (χ2n) is 8.47. The van der Waals surface area contributed by atoms with Gasteiger partial charge in [-0.2, -0.15) is 4.98 Å². The summed E-state index contributed by atoms with van der Waals surface area (Å²) in [5, 5.41) is 6.07. The molecule has 0 spiro atoms. The molecule has 5 aromatic rings. The van der Waals surface area contributed by atoms with Crippen molar-refractivity contribution in [2.75, 3.05) is 34.8 Å². The number of thiophene rings is 1. The Morgan fingerprint density at radius 3 is 2.56 bits per heavy atom. The molecule has 0 bridgehead atoms. The number of rotatable bonds is 5. The van der Waals surface area contributed by atoms with Gasteiger partial charge in [0.05, 0.1) is 22.5 Å². The predicted octanol–water partition coefficient (Wildman–Crippen LogP) is 4.30. The van der Waals surface area contributed by atoms with Crippen molar-refractivity contribution in [3.8, 4) is 11.6 Å². The number of sulfone groups is 1. The molecule has 0 amide bonds. The minimum Gasteiger partial charge on any atom is -0.437 e. The number of nitrogens with one attached hydrogen (secondary N) is 2. The van der Waals surface area contributed by atoms with E-state index in [1.54, 1.807) is 12.1 Å². The SMILES string of the molecule is O=c1ccc2ccc(Oc3nc(Nc4ccc(N5CCS(=O)(=O)CC5)cc4)nc4ccsc34)cc2[nH]1. The summed E-state index contributed by atoms with van der Waals surface area (Å²) in [5.74, 6) is 1.72. The molecular formula is C25H21N5O4S2. The van der Waals surface area contributed by atoms with E-state index in [2.05, 4.69) is 25.2 Å². The molecule has 1 fully saturated rings. The van der Waals surface area contributed by atoms with Gasteiger partial charge in [0.15, 0.2) is 9.84 Å². The fourth-order valence-corrected chi connectivity index (χ4v) is 6.08. The van der Waals surface area contributed by atoms with Crippen LogP contribution in [0.25, 0.3) is 21.1 Å². The van der Waals surface area contributed by atoms with E-state index in [-0.39, 0.29) is 17.1 Å². The molecular weight excluding hydrogens is 498 g/mol. The van der Waals surface area contributed by atoms with E-state index in [0.717, 1.165) is 27.0 Å². The monoisotopic (exact) mass is 519 g/mol. The van der Waals surface area contributed by atoms with Gasteiger partial charge in [0.2, 0.25) is 17.4 Å². The zero-order valence-electron chi connectivity index (χ0n) is 19.0. The summed E-state index contributed by atoms with van der Waals surface area (Å²) in [6.45, 7) is 0.993. The average Bonchev–Trinajstić information content (AvgIpc) is 3.33. The van der Waals surface area contributed by atoms with Crippen molar-refractivity contribution < 1.29 is 13.2 Å². The molecule has 1 aliphatic rings. The van der Waals surface area contributed by atoms with Gasteiger partial charge in [-0.1, -0.05) is 0 Å². The van der Waals surface area contributed by atoms with Gasteiger partial charge in [0, 0.05) is 36.6 Å². The Morgan fingerprint density at radius 1 is 0.972 bits per heavy atom. The number of aromatic amines is 1. The van der Waals surface area contributed by atoms with Gasteiger partial charge in [0.1, 0.15) is 10.4 Å². The molecule has 0 saturated carbocycles. The first-order valence-electron chi connectivity index (χ1n) is 11.3. The molecule has 1 saturated heterocycles. The number of fused-ring (bicyclic) bond motifs is 2. The predicted molar refractivity (Wildman–Crippen MR) is 143 cm³/mol. The van der Waals surface area contributed by atoms with E-state index in [0.29, 0.717) is 36.2 Å². The first kappa shape index (κ1) is 22.5. The van der Waals surface area contributed by atoms with Crippen LogP contribution in [-0.2, 0) is 9.84 Å². The lowest BCUT2D eigenvalue weighted by Crippen LogP contribution is -2.40. The Labute approximate surface area is 210 Å². The third-order valence-electron chi connectivity index (χ3n) is 6.02. The van der Waals surface area contributed by atoms with Crippen molar-refractivity contribution >= 4 is 59.6 Å². The van der Waals surface area contributed by atoms with E-state index in [9.17, 15) is 13.2 Å². The molecule has 0 radical (unpaired) electrons. The topological polar surface area (TPSA) is 117 Å². The summed E-state index contributed by atoms with van der Waals surface area (Å²) in [4.78, 5) is 25.8. The fraction of sp³-hybridized carbons (Fsp3) is 0.160. The maximum Gasteiger partial charge on any atom is 0.248 e. The quantitative estimate of drug-likeness (QED) is 0.353. The van der Waals surface area contributed by atoms with Crippen molar-refractivity contribution in [2.45, 2.75) is 0 Å². The number of anilines is 3. The molecule has 0 atom stereocenters. The second-order valence-corrected chi connectivity index (χ2v) is 11.7. The van der Waals surface area contributed by atoms with Crippen LogP contribution in [0.1, 0.15) is 0 Å². The first-order chi connectivity index (χ1) is 17.4. The fourth-order valence-electron chi connectivity index (χ4n) is 4.12. The summed E-state index contributed by atoms with van der Waals surface area (Å²) in [6.07, 6.45) is 0. The number of benzene rings is 2. The summed E-state index contributed by atoms with van der Waals surface area (Å²) in [7, 11) is -2.92. The van der Waals surface area contributed by atoms with Crippen molar-refractivity contribution in [2.24, 2.45) is 0 Å². The van der Waals surface area contributed by atoms with Gasteiger partial charge >= 0.3 is 0 Å². The number of pyridine rings is 1. The molecule has 9 nitrogen and oxygen atoms in total. The Kier molecular flexibility index (Phi) is 5.57. The van der Waals surface area contributed by atoms with Crippen LogP contribution in [0, 0.1) is 0 Å². The molecule has 2 aromatic carbocycles. The van der Waals surface area contributed by atoms with Gasteiger partial charge in [0.25, 0.3) is 0 Å². The highest BCUT2D eigenvalue weighted by molar-refractivity contribution is 7.91. The molecule has 3 aromatic heterocycles. The van der Waals surface area contributed by atoms with Crippen LogP contribution in [0.4, 0.5) is 17.3 Å². The summed E-state index contributed by atoms with van der Waals surface area (Å²) < 4.78 is 30.3. The van der Waals surface area contributed by atoms with Crippen LogP contribution in [0.15, 0.2) is 70.8 Å². The number of nitrogens with zero attached hydrogens (tertiary/aromatic N) is 3. The number of aromatic nitrogens is 3. The number of hydrogen-bond donors (Lipinski definition) is 2. The highest BCUT2D eigenvalue weighted by Crippen LogP contribution is 2.34. The maximum atomic E-state index is 11.7. The highest BCUT2D eigenvalue weighted by atomic mass is 32.2. The van der Waals surface area contributed by atoms with Crippen LogP contribution in [0.5, 0.6) is 11.6 Å². The Balaban J connectivity index is 1.25. The van der Waals surface area contributed by atoms with Crippen LogP contribution in [0.3, 0.4) is 0 Å². The minimum atomic E-state index is -2.92. The van der Waals surface area contributed by atoms with Crippen molar-refractivity contribution in [1.82, 2.24) is 15.0 Å². The lowest BCUT2D eigenvalue weighted by molar-refractivity contribution is 0.470. The lowest BCUT2D eigenvalue weighted by atomic mass is 10.2. The van der Waals surface area contributed by atoms with Crippen LogP contribution < -0.4 is 20.5 Å². The molecule has 2 N–H and O–H groups in total. The summed E-state index contributed by atoms with van der Waals surface area (Å²) in [6, 6.07) is 18.4. The third kappa shape index (κ3) is 4.62. The lowest BCUT2D eigenvalue weighted by Gasteiger charge is -2.28. The van der Waals surface area contributed by atoms with Crippen LogP contribution >= 0.6 is 11.3 Å². The smallest absolute Gasteiger partial charge is 0.248 e. The molecule has 0 unspecified atom stereocenters. The standard InChI is InChI=1S/C25H21N5O4S2/c31-22-8-2-16-1-7-19(15-21(16)27-22)34-24-23-20(9-12-35-23)28-25(29-24)26-17-3-5-18(6-4-17)30-10-13-36(32,33)14-11-30/h1-9,12,15H,10-11,13-14H2,(H,27,31)(H,26,28,29). The van der Waals surface area contributed by atoms with E-state index in [1.807, 2.05) is 47.8 Å². The Hall–Kier alpha value is -3.96.